The quantitative estimate of drug-likeness (QED) is 0.790. The summed E-state index contributed by atoms with van der Waals surface area (Å²) in [5.41, 5.74) is 7.63. The molecule has 0 amide bonds. The number of rotatable bonds is 3. The number of hydrogen-bond donors (Lipinski definition) is 1. The van der Waals surface area contributed by atoms with Crippen molar-refractivity contribution in [2.24, 2.45) is 17.8 Å². The average Bonchev–Trinajstić information content (AvgIpc) is 2.19. The van der Waals surface area contributed by atoms with Crippen LogP contribution in [0.15, 0.2) is 30.0 Å². The van der Waals surface area contributed by atoms with Crippen molar-refractivity contribution < 1.29 is 4.79 Å². The maximum Gasteiger partial charge on any atom is 0.232 e. The highest BCUT2D eigenvalue weighted by Gasteiger charge is 2.08. The first-order valence-electron chi connectivity index (χ1n) is 5.07. The molecule has 1 aromatic rings. The molecule has 0 saturated heterocycles. The maximum atomic E-state index is 11.5. The summed E-state index contributed by atoms with van der Waals surface area (Å²) in [5, 5.41) is 0. The summed E-state index contributed by atoms with van der Waals surface area (Å²) in [6.07, 6.45) is 0. The van der Waals surface area contributed by atoms with E-state index in [1.54, 1.807) is 17.7 Å². The molecular formula is C12H16N4O. The third kappa shape index (κ3) is 2.90. The zero-order valence-corrected chi connectivity index (χ0v) is 10.3. The van der Waals surface area contributed by atoms with Gasteiger partial charge in [0, 0.05) is 14.0 Å². The van der Waals surface area contributed by atoms with E-state index < -0.39 is 0 Å². The Balaban J connectivity index is 3.66. The molecule has 0 aromatic carbocycles. The van der Waals surface area contributed by atoms with Gasteiger partial charge in [0.05, 0.1) is 11.4 Å². The fraction of sp³-hybridized carbons (Fsp3) is 0.250. The van der Waals surface area contributed by atoms with Crippen LogP contribution in [-0.2, 0) is 7.05 Å². The summed E-state index contributed by atoms with van der Waals surface area (Å²) >= 11 is 0. The molecule has 0 aliphatic heterocycles. The number of carbonyl (C=O) groups is 1. The molecule has 1 rings (SSSR count). The number of nitrogens with zero attached hydrogens (tertiary/aromatic N) is 3. The molecule has 0 atom stereocenters. The van der Waals surface area contributed by atoms with Gasteiger partial charge < -0.3 is 10.3 Å². The topological polar surface area (TPSA) is 73.3 Å². The SMILES string of the molecule is C=C(N)/N=c1/nc(C(=C)C)cc(C(C)=O)n1C. The van der Waals surface area contributed by atoms with E-state index in [1.807, 2.05) is 6.92 Å². The fourth-order valence-electron chi connectivity index (χ4n) is 1.33. The van der Waals surface area contributed by atoms with Crippen LogP contribution in [0.3, 0.4) is 0 Å². The summed E-state index contributed by atoms with van der Waals surface area (Å²) in [4.78, 5) is 19.8. The minimum Gasteiger partial charge on any atom is -0.384 e. The first-order chi connectivity index (χ1) is 7.82. The maximum absolute atomic E-state index is 11.5. The minimum atomic E-state index is -0.0727. The van der Waals surface area contributed by atoms with Gasteiger partial charge in [-0.1, -0.05) is 13.2 Å². The van der Waals surface area contributed by atoms with Crippen LogP contribution in [0.2, 0.25) is 0 Å². The minimum absolute atomic E-state index is 0.0727. The monoisotopic (exact) mass is 232 g/mol. The van der Waals surface area contributed by atoms with Crippen molar-refractivity contribution in [2.45, 2.75) is 13.8 Å². The van der Waals surface area contributed by atoms with Crippen LogP contribution in [0.25, 0.3) is 5.57 Å². The average molecular weight is 232 g/mol. The second-order valence-corrected chi connectivity index (χ2v) is 3.83. The molecule has 1 aromatic heterocycles. The first-order valence-corrected chi connectivity index (χ1v) is 5.07. The molecule has 0 spiro atoms. The second-order valence-electron chi connectivity index (χ2n) is 3.83. The van der Waals surface area contributed by atoms with E-state index >= 15 is 0 Å². The van der Waals surface area contributed by atoms with Crippen molar-refractivity contribution >= 4 is 11.4 Å². The van der Waals surface area contributed by atoms with Crippen LogP contribution in [-0.4, -0.2) is 15.3 Å². The molecule has 0 fully saturated rings. The molecule has 0 unspecified atom stereocenters. The first kappa shape index (κ1) is 12.9. The van der Waals surface area contributed by atoms with Gasteiger partial charge in [0.15, 0.2) is 5.78 Å². The van der Waals surface area contributed by atoms with Gasteiger partial charge in [-0.15, -0.1) is 0 Å². The second kappa shape index (κ2) is 4.78. The Morgan fingerprint density at radius 2 is 2.06 bits per heavy atom. The summed E-state index contributed by atoms with van der Waals surface area (Å²) in [6.45, 7) is 10.6. The van der Waals surface area contributed by atoms with Crippen molar-refractivity contribution in [3.8, 4) is 0 Å². The molecule has 0 aliphatic carbocycles. The smallest absolute Gasteiger partial charge is 0.232 e. The van der Waals surface area contributed by atoms with Crippen molar-refractivity contribution in [2.75, 3.05) is 0 Å². The molecule has 0 saturated carbocycles. The standard InChI is InChI=1S/C12H16N4O/c1-7(2)10-6-11(8(3)17)16(5)12(15-10)14-9(4)13/h6H,1,4,13H2,2-3,5H3/b14-12-. The summed E-state index contributed by atoms with van der Waals surface area (Å²) < 4.78 is 1.58. The van der Waals surface area contributed by atoms with E-state index in [4.69, 9.17) is 5.73 Å². The van der Waals surface area contributed by atoms with Gasteiger partial charge >= 0.3 is 0 Å². The molecule has 1 heterocycles. The molecule has 0 aliphatic rings. The molecule has 90 valence electrons. The van der Waals surface area contributed by atoms with Crippen molar-refractivity contribution in [3.63, 3.8) is 0 Å². The molecule has 5 nitrogen and oxygen atoms in total. The van der Waals surface area contributed by atoms with Gasteiger partial charge in [-0.2, -0.15) is 4.99 Å². The van der Waals surface area contributed by atoms with Crippen molar-refractivity contribution in [1.82, 2.24) is 9.55 Å². The largest absolute Gasteiger partial charge is 0.384 e. The molecule has 5 heteroatoms. The van der Waals surface area contributed by atoms with Gasteiger partial charge in [0.1, 0.15) is 5.82 Å². The number of hydrogen-bond acceptors (Lipinski definition) is 4. The van der Waals surface area contributed by atoms with Crippen LogP contribution in [0.1, 0.15) is 30.0 Å². The van der Waals surface area contributed by atoms with Crippen LogP contribution in [0, 0.1) is 0 Å². The lowest BCUT2D eigenvalue weighted by Gasteiger charge is -2.09. The lowest BCUT2D eigenvalue weighted by molar-refractivity contribution is 0.100. The molecular weight excluding hydrogens is 216 g/mol. The van der Waals surface area contributed by atoms with E-state index in [9.17, 15) is 4.79 Å². The summed E-state index contributed by atoms with van der Waals surface area (Å²) in [5.74, 6) is 0.0675. The lowest BCUT2D eigenvalue weighted by atomic mass is 10.2. The van der Waals surface area contributed by atoms with Crippen LogP contribution < -0.4 is 11.4 Å². The summed E-state index contributed by atoms with van der Waals surface area (Å²) in [6, 6.07) is 1.68. The zero-order chi connectivity index (χ0) is 13.2. The number of aromatic nitrogens is 2. The molecule has 17 heavy (non-hydrogen) atoms. The Kier molecular flexibility index (Phi) is 3.62. The van der Waals surface area contributed by atoms with Gasteiger partial charge in [-0.3, -0.25) is 4.79 Å². The van der Waals surface area contributed by atoms with Gasteiger partial charge in [-0.25, -0.2) is 4.98 Å². The van der Waals surface area contributed by atoms with Gasteiger partial charge in [-0.05, 0) is 18.6 Å². The van der Waals surface area contributed by atoms with E-state index in [2.05, 4.69) is 23.1 Å². The van der Waals surface area contributed by atoms with Crippen LogP contribution >= 0.6 is 0 Å². The number of allylic oxidation sites excluding steroid dienone is 1. The molecule has 0 bridgehead atoms. The van der Waals surface area contributed by atoms with Crippen molar-refractivity contribution in [1.29, 1.82) is 0 Å². The normalized spacial score (nSPS) is 11.4. The van der Waals surface area contributed by atoms with E-state index in [0.717, 1.165) is 5.57 Å². The number of Topliss-reactive ketones (excluding diaryl/α,β-unsaturated/α-hetero) is 1. The highest BCUT2D eigenvalue weighted by Crippen LogP contribution is 2.08. The van der Waals surface area contributed by atoms with E-state index in [-0.39, 0.29) is 11.6 Å². The molecule has 0 radical (unpaired) electrons. The van der Waals surface area contributed by atoms with Crippen LogP contribution in [0.5, 0.6) is 0 Å². The Labute approximate surface area is 100 Å². The third-order valence-corrected chi connectivity index (χ3v) is 2.20. The Morgan fingerprint density at radius 1 is 1.47 bits per heavy atom. The van der Waals surface area contributed by atoms with Gasteiger partial charge in [0.2, 0.25) is 5.62 Å². The Hall–Kier alpha value is -2.17. The highest BCUT2D eigenvalue weighted by molar-refractivity contribution is 5.92. The summed E-state index contributed by atoms with van der Waals surface area (Å²) in [7, 11) is 1.70. The predicted molar refractivity (Wildman–Crippen MR) is 66.8 cm³/mol. The number of ketones is 1. The predicted octanol–water partition coefficient (Wildman–Crippen LogP) is 0.986. The molecule has 2 N–H and O–H groups in total. The number of carbonyl (C=O) groups excluding carboxylic acids is 1. The van der Waals surface area contributed by atoms with E-state index in [1.165, 1.54) is 6.92 Å². The Bertz CT molecular complexity index is 566. The van der Waals surface area contributed by atoms with Gasteiger partial charge in [0.25, 0.3) is 0 Å². The van der Waals surface area contributed by atoms with Crippen LogP contribution in [0.4, 0.5) is 0 Å². The highest BCUT2D eigenvalue weighted by atomic mass is 16.1. The third-order valence-electron chi connectivity index (χ3n) is 2.20. The number of nitrogens with two attached hydrogens (primary N) is 1. The Morgan fingerprint density at radius 3 is 2.47 bits per heavy atom. The van der Waals surface area contributed by atoms with E-state index in [0.29, 0.717) is 17.0 Å². The lowest BCUT2D eigenvalue weighted by Crippen LogP contribution is -2.28. The zero-order valence-electron chi connectivity index (χ0n) is 10.3. The van der Waals surface area contributed by atoms with Crippen molar-refractivity contribution in [3.05, 3.63) is 42.1 Å². The fourth-order valence-corrected chi connectivity index (χ4v) is 1.33.